The fraction of sp³-hybridized carbons (Fsp3) is 0.188. The topological polar surface area (TPSA) is 70.4 Å². The van der Waals surface area contributed by atoms with Crippen LogP contribution in [0.3, 0.4) is 0 Å². The van der Waals surface area contributed by atoms with Crippen LogP contribution in [0.25, 0.3) is 0 Å². The molecule has 0 saturated heterocycles. The molecule has 0 spiro atoms. The van der Waals surface area contributed by atoms with Gasteiger partial charge < -0.3 is 4.74 Å². The quantitative estimate of drug-likeness (QED) is 0.780. The van der Waals surface area contributed by atoms with Crippen LogP contribution < -0.4 is 4.74 Å². The Morgan fingerprint density at radius 2 is 2.00 bits per heavy atom. The molecule has 5 nitrogen and oxygen atoms in total. The van der Waals surface area contributed by atoms with E-state index in [2.05, 4.69) is 15.9 Å². The predicted molar refractivity (Wildman–Crippen MR) is 90.5 cm³/mol. The van der Waals surface area contributed by atoms with E-state index in [1.54, 1.807) is 36.4 Å². The predicted octanol–water partition coefficient (Wildman–Crippen LogP) is 3.15. The summed E-state index contributed by atoms with van der Waals surface area (Å²) in [5.41, 5.74) is 1.23. The summed E-state index contributed by atoms with van der Waals surface area (Å²) in [4.78, 5) is 0.0910. The molecular weight excluding hydrogens is 380 g/mol. The summed E-state index contributed by atoms with van der Waals surface area (Å²) in [6.07, 6.45) is 0. The zero-order valence-corrected chi connectivity index (χ0v) is 15.1. The Bertz CT molecular complexity index is 860. The van der Waals surface area contributed by atoms with Crippen LogP contribution in [0.5, 0.6) is 5.75 Å². The molecule has 2 aromatic carbocycles. The van der Waals surface area contributed by atoms with Gasteiger partial charge in [0.15, 0.2) is 0 Å². The Morgan fingerprint density at radius 3 is 2.65 bits per heavy atom. The van der Waals surface area contributed by atoms with Crippen molar-refractivity contribution in [2.24, 2.45) is 0 Å². The Labute approximate surface area is 144 Å². The number of nitriles is 1. The molecule has 0 fully saturated rings. The van der Waals surface area contributed by atoms with Gasteiger partial charge >= 0.3 is 0 Å². The van der Waals surface area contributed by atoms with Crippen molar-refractivity contribution >= 4 is 26.0 Å². The monoisotopic (exact) mass is 394 g/mol. The fourth-order valence-electron chi connectivity index (χ4n) is 2.10. The zero-order chi connectivity index (χ0) is 17.0. The van der Waals surface area contributed by atoms with E-state index in [4.69, 9.17) is 10.00 Å². The van der Waals surface area contributed by atoms with Gasteiger partial charge in [-0.1, -0.05) is 28.1 Å². The van der Waals surface area contributed by atoms with E-state index in [9.17, 15) is 8.42 Å². The molecule has 120 valence electrons. The van der Waals surface area contributed by atoms with Crippen LogP contribution in [0.4, 0.5) is 0 Å². The molecule has 0 aromatic heterocycles. The molecular formula is C16H15BrN2O3S. The van der Waals surface area contributed by atoms with E-state index in [0.29, 0.717) is 10.0 Å². The van der Waals surface area contributed by atoms with Crippen molar-refractivity contribution in [3.05, 3.63) is 58.1 Å². The van der Waals surface area contributed by atoms with Gasteiger partial charge in [0.05, 0.1) is 18.7 Å². The van der Waals surface area contributed by atoms with Gasteiger partial charge in [-0.05, 0) is 35.9 Å². The summed E-state index contributed by atoms with van der Waals surface area (Å²) in [6, 6.07) is 13.7. The summed E-state index contributed by atoms with van der Waals surface area (Å²) < 4.78 is 32.6. The van der Waals surface area contributed by atoms with E-state index < -0.39 is 10.0 Å². The van der Waals surface area contributed by atoms with E-state index in [0.717, 1.165) is 5.56 Å². The molecule has 2 aromatic rings. The average molecular weight is 395 g/mol. The van der Waals surface area contributed by atoms with Gasteiger partial charge in [0, 0.05) is 18.1 Å². The molecule has 0 aliphatic heterocycles. The number of methoxy groups -OCH3 is 1. The van der Waals surface area contributed by atoms with E-state index in [-0.39, 0.29) is 17.2 Å². The van der Waals surface area contributed by atoms with Crippen LogP contribution in [-0.4, -0.2) is 26.9 Å². The molecule has 0 unspecified atom stereocenters. The van der Waals surface area contributed by atoms with E-state index >= 15 is 0 Å². The van der Waals surface area contributed by atoms with Gasteiger partial charge in [0.25, 0.3) is 0 Å². The van der Waals surface area contributed by atoms with Gasteiger partial charge in [0.2, 0.25) is 10.0 Å². The van der Waals surface area contributed by atoms with Crippen molar-refractivity contribution in [3.63, 3.8) is 0 Å². The van der Waals surface area contributed by atoms with Gasteiger partial charge in [-0.2, -0.15) is 9.57 Å². The molecule has 0 aliphatic carbocycles. The number of rotatable bonds is 5. The lowest BCUT2D eigenvalue weighted by Crippen LogP contribution is -2.27. The summed E-state index contributed by atoms with van der Waals surface area (Å²) in [5.74, 6) is 0.283. The molecule has 0 amide bonds. The van der Waals surface area contributed by atoms with Crippen LogP contribution in [-0.2, 0) is 16.6 Å². The number of benzene rings is 2. The highest BCUT2D eigenvalue weighted by atomic mass is 79.9. The molecule has 0 saturated carbocycles. The largest absolute Gasteiger partial charge is 0.495 e. The maximum atomic E-state index is 12.8. The third-order valence-corrected chi connectivity index (χ3v) is 5.59. The van der Waals surface area contributed by atoms with Crippen molar-refractivity contribution in [1.29, 1.82) is 5.26 Å². The molecule has 0 atom stereocenters. The SMILES string of the molecule is COc1ccc(Br)cc1S(=O)(=O)N(C)Cc1cccc(C#N)c1. The first-order valence-corrected chi connectivity index (χ1v) is 8.90. The van der Waals surface area contributed by atoms with E-state index in [1.807, 2.05) is 6.07 Å². The van der Waals surface area contributed by atoms with Crippen molar-refractivity contribution in [2.45, 2.75) is 11.4 Å². The second kappa shape index (κ2) is 7.13. The van der Waals surface area contributed by atoms with Crippen LogP contribution in [0, 0.1) is 11.3 Å². The minimum atomic E-state index is -3.73. The van der Waals surface area contributed by atoms with Gasteiger partial charge in [-0.3, -0.25) is 0 Å². The van der Waals surface area contributed by atoms with Crippen LogP contribution in [0.1, 0.15) is 11.1 Å². The first-order valence-electron chi connectivity index (χ1n) is 6.67. The number of ether oxygens (including phenoxy) is 1. The summed E-state index contributed by atoms with van der Waals surface area (Å²) in [6.45, 7) is 0.160. The Balaban J connectivity index is 2.36. The molecule has 0 heterocycles. The summed E-state index contributed by atoms with van der Waals surface area (Å²) >= 11 is 3.28. The van der Waals surface area contributed by atoms with Crippen LogP contribution >= 0.6 is 15.9 Å². The summed E-state index contributed by atoms with van der Waals surface area (Å²) in [7, 11) is -0.803. The first-order chi connectivity index (χ1) is 10.9. The lowest BCUT2D eigenvalue weighted by molar-refractivity contribution is 0.397. The molecule has 0 N–H and O–H groups in total. The third-order valence-electron chi connectivity index (χ3n) is 3.28. The fourth-order valence-corrected chi connectivity index (χ4v) is 3.95. The minimum absolute atomic E-state index is 0.0910. The lowest BCUT2D eigenvalue weighted by Gasteiger charge is -2.19. The number of hydrogen-bond donors (Lipinski definition) is 0. The Morgan fingerprint density at radius 1 is 1.26 bits per heavy atom. The molecule has 0 aliphatic rings. The van der Waals surface area contributed by atoms with Gasteiger partial charge in [-0.25, -0.2) is 8.42 Å². The van der Waals surface area contributed by atoms with Crippen molar-refractivity contribution < 1.29 is 13.2 Å². The van der Waals surface area contributed by atoms with Gasteiger partial charge in [-0.15, -0.1) is 0 Å². The first kappa shape index (κ1) is 17.5. The minimum Gasteiger partial charge on any atom is -0.495 e. The number of nitrogens with zero attached hydrogens (tertiary/aromatic N) is 2. The molecule has 0 radical (unpaired) electrons. The number of sulfonamides is 1. The second-order valence-electron chi connectivity index (χ2n) is 4.87. The Kier molecular flexibility index (Phi) is 5.42. The van der Waals surface area contributed by atoms with Crippen molar-refractivity contribution in [3.8, 4) is 11.8 Å². The highest BCUT2D eigenvalue weighted by Crippen LogP contribution is 2.29. The van der Waals surface area contributed by atoms with Crippen LogP contribution in [0.2, 0.25) is 0 Å². The number of halogens is 1. The highest BCUT2D eigenvalue weighted by molar-refractivity contribution is 9.10. The maximum absolute atomic E-state index is 12.8. The summed E-state index contributed by atoms with van der Waals surface area (Å²) in [5, 5.41) is 8.93. The molecule has 23 heavy (non-hydrogen) atoms. The molecule has 2 rings (SSSR count). The normalized spacial score (nSPS) is 11.3. The zero-order valence-electron chi connectivity index (χ0n) is 12.7. The number of hydrogen-bond acceptors (Lipinski definition) is 4. The molecule has 0 bridgehead atoms. The third kappa shape index (κ3) is 3.91. The molecule has 7 heteroatoms. The van der Waals surface area contributed by atoms with Crippen molar-refractivity contribution in [2.75, 3.05) is 14.2 Å². The Hall–Kier alpha value is -1.88. The average Bonchev–Trinajstić information content (AvgIpc) is 2.54. The smallest absolute Gasteiger partial charge is 0.246 e. The maximum Gasteiger partial charge on any atom is 0.246 e. The highest BCUT2D eigenvalue weighted by Gasteiger charge is 2.25. The van der Waals surface area contributed by atoms with Gasteiger partial charge in [0.1, 0.15) is 10.6 Å². The van der Waals surface area contributed by atoms with E-state index in [1.165, 1.54) is 24.5 Å². The van der Waals surface area contributed by atoms with Crippen molar-refractivity contribution in [1.82, 2.24) is 4.31 Å². The van der Waals surface area contributed by atoms with Crippen LogP contribution in [0.15, 0.2) is 51.8 Å². The lowest BCUT2D eigenvalue weighted by atomic mass is 10.1. The standard InChI is InChI=1S/C16H15BrN2O3S/c1-19(11-13-5-3-4-12(8-13)10-18)23(20,21)16-9-14(17)6-7-15(16)22-2/h3-9H,11H2,1-2H3. The second-order valence-corrected chi connectivity index (χ2v) is 7.80.